The van der Waals surface area contributed by atoms with Crippen molar-refractivity contribution in [1.82, 2.24) is 5.32 Å². The summed E-state index contributed by atoms with van der Waals surface area (Å²) in [5.74, 6) is -1.75. The van der Waals surface area contributed by atoms with E-state index in [9.17, 15) is 18.0 Å². The average Bonchev–Trinajstić information content (AvgIpc) is 2.51. The number of aliphatic carboxylic acids is 1. The van der Waals surface area contributed by atoms with E-state index in [2.05, 4.69) is 5.32 Å². The highest BCUT2D eigenvalue weighted by atomic mass is 32.2. The Labute approximate surface area is 130 Å². The monoisotopic (exact) mass is 327 g/mol. The van der Waals surface area contributed by atoms with Crippen LogP contribution in [0.3, 0.4) is 0 Å². The van der Waals surface area contributed by atoms with Crippen molar-refractivity contribution in [2.75, 3.05) is 5.75 Å². The maximum atomic E-state index is 12.1. The summed E-state index contributed by atoms with van der Waals surface area (Å²) in [7, 11) is -3.41. The molecule has 1 rings (SSSR count). The van der Waals surface area contributed by atoms with E-state index in [-0.39, 0.29) is 16.2 Å². The Bertz CT molecular complexity index is 639. The third-order valence-electron chi connectivity index (χ3n) is 3.29. The first-order chi connectivity index (χ1) is 10.3. The maximum absolute atomic E-state index is 12.1. The molecule has 6 nitrogen and oxygen atoms in total. The zero-order chi connectivity index (χ0) is 16.8. The number of nitrogens with one attached hydrogen (secondary N) is 1. The molecule has 0 aliphatic rings. The Hall–Kier alpha value is -1.89. The van der Waals surface area contributed by atoms with Gasteiger partial charge in [0.25, 0.3) is 5.91 Å². The number of hydrogen-bond acceptors (Lipinski definition) is 4. The van der Waals surface area contributed by atoms with Gasteiger partial charge in [0.15, 0.2) is 9.84 Å². The van der Waals surface area contributed by atoms with Crippen LogP contribution in [-0.4, -0.2) is 37.2 Å². The summed E-state index contributed by atoms with van der Waals surface area (Å²) in [4.78, 5) is 23.3. The number of sulfone groups is 1. The van der Waals surface area contributed by atoms with Crippen LogP contribution in [0, 0.1) is 0 Å². The Kier molecular flexibility index (Phi) is 6.55. The Morgan fingerprint density at radius 1 is 1.27 bits per heavy atom. The standard InChI is InChI=1S/C15H21NO5S/c1-3-5-9-13(15(18)19)16-14(17)11-7-6-8-12(10-11)22(20,21)4-2/h6-8,10,13H,3-5,9H2,1-2H3,(H,16,17)(H,18,19)/t13-/m0/s1. The molecule has 1 amide bonds. The van der Waals surface area contributed by atoms with Crippen LogP contribution in [0.2, 0.25) is 0 Å². The summed E-state index contributed by atoms with van der Waals surface area (Å²) in [6.45, 7) is 3.45. The fraction of sp³-hybridized carbons (Fsp3) is 0.467. The Balaban J connectivity index is 2.93. The van der Waals surface area contributed by atoms with E-state index in [1.807, 2.05) is 6.92 Å². The molecule has 1 aromatic rings. The quantitative estimate of drug-likeness (QED) is 0.759. The van der Waals surface area contributed by atoms with Gasteiger partial charge in [0.2, 0.25) is 0 Å². The first-order valence-corrected chi connectivity index (χ1v) is 8.83. The molecule has 0 fully saturated rings. The van der Waals surface area contributed by atoms with Gasteiger partial charge in [-0.15, -0.1) is 0 Å². The fourth-order valence-corrected chi connectivity index (χ4v) is 2.83. The van der Waals surface area contributed by atoms with Crippen molar-refractivity contribution in [2.24, 2.45) is 0 Å². The van der Waals surface area contributed by atoms with Crippen molar-refractivity contribution in [3.63, 3.8) is 0 Å². The molecule has 22 heavy (non-hydrogen) atoms. The topological polar surface area (TPSA) is 101 Å². The second kappa shape index (κ2) is 7.93. The highest BCUT2D eigenvalue weighted by Crippen LogP contribution is 2.13. The van der Waals surface area contributed by atoms with Crippen molar-refractivity contribution >= 4 is 21.7 Å². The van der Waals surface area contributed by atoms with Crippen LogP contribution in [0.4, 0.5) is 0 Å². The molecule has 1 atom stereocenters. The van der Waals surface area contributed by atoms with Crippen LogP contribution in [-0.2, 0) is 14.6 Å². The molecule has 0 aliphatic heterocycles. The van der Waals surface area contributed by atoms with Crippen LogP contribution in [0.1, 0.15) is 43.5 Å². The normalized spacial score (nSPS) is 12.6. The molecule has 0 bridgehead atoms. The largest absolute Gasteiger partial charge is 0.480 e. The molecular formula is C15H21NO5S. The van der Waals surface area contributed by atoms with Crippen molar-refractivity contribution in [3.8, 4) is 0 Å². The smallest absolute Gasteiger partial charge is 0.326 e. The zero-order valence-corrected chi connectivity index (χ0v) is 13.5. The molecular weight excluding hydrogens is 306 g/mol. The van der Waals surface area contributed by atoms with E-state index in [1.165, 1.54) is 31.2 Å². The first-order valence-electron chi connectivity index (χ1n) is 7.18. The average molecular weight is 327 g/mol. The summed E-state index contributed by atoms with van der Waals surface area (Å²) >= 11 is 0. The van der Waals surface area contributed by atoms with Gasteiger partial charge in [-0.05, 0) is 24.6 Å². The highest BCUT2D eigenvalue weighted by molar-refractivity contribution is 7.91. The molecule has 0 heterocycles. The number of carboxylic acid groups (broad SMARTS) is 1. The van der Waals surface area contributed by atoms with Crippen molar-refractivity contribution < 1.29 is 23.1 Å². The highest BCUT2D eigenvalue weighted by Gasteiger charge is 2.21. The maximum Gasteiger partial charge on any atom is 0.326 e. The number of hydrogen-bond donors (Lipinski definition) is 2. The van der Waals surface area contributed by atoms with Gasteiger partial charge < -0.3 is 10.4 Å². The van der Waals surface area contributed by atoms with Gasteiger partial charge in [0, 0.05) is 5.56 Å². The van der Waals surface area contributed by atoms with E-state index in [4.69, 9.17) is 5.11 Å². The second-order valence-electron chi connectivity index (χ2n) is 4.94. The third kappa shape index (κ3) is 4.84. The SMILES string of the molecule is CCCC[C@H](NC(=O)c1cccc(S(=O)(=O)CC)c1)C(=O)O. The second-order valence-corrected chi connectivity index (χ2v) is 7.22. The lowest BCUT2D eigenvalue weighted by Gasteiger charge is -2.14. The molecule has 122 valence electrons. The number of carboxylic acids is 1. The zero-order valence-electron chi connectivity index (χ0n) is 12.7. The van der Waals surface area contributed by atoms with Crippen molar-refractivity contribution in [2.45, 2.75) is 44.0 Å². The summed E-state index contributed by atoms with van der Waals surface area (Å²) in [6.07, 6.45) is 1.84. The van der Waals surface area contributed by atoms with Crippen LogP contribution in [0.15, 0.2) is 29.2 Å². The van der Waals surface area contributed by atoms with Crippen LogP contribution in [0.25, 0.3) is 0 Å². The fourth-order valence-electron chi connectivity index (χ4n) is 1.90. The Morgan fingerprint density at radius 3 is 2.50 bits per heavy atom. The molecule has 0 saturated carbocycles. The van der Waals surface area contributed by atoms with Gasteiger partial charge in [-0.1, -0.05) is 32.8 Å². The number of carbonyl (C=O) groups excluding carboxylic acids is 1. The van der Waals surface area contributed by atoms with E-state index in [1.54, 1.807) is 0 Å². The van der Waals surface area contributed by atoms with Gasteiger partial charge in [0.05, 0.1) is 10.6 Å². The number of unbranched alkanes of at least 4 members (excludes halogenated alkanes) is 1. The number of rotatable bonds is 8. The molecule has 2 N–H and O–H groups in total. The minimum atomic E-state index is -3.41. The van der Waals surface area contributed by atoms with Gasteiger partial charge in [-0.3, -0.25) is 4.79 Å². The summed E-state index contributed by atoms with van der Waals surface area (Å²) < 4.78 is 23.6. The number of benzene rings is 1. The van der Waals surface area contributed by atoms with E-state index in [0.717, 1.165) is 6.42 Å². The summed E-state index contributed by atoms with van der Waals surface area (Å²) in [6, 6.07) is 4.65. The molecule has 0 spiro atoms. The van der Waals surface area contributed by atoms with Crippen molar-refractivity contribution in [3.05, 3.63) is 29.8 Å². The Morgan fingerprint density at radius 2 is 1.95 bits per heavy atom. The predicted molar refractivity (Wildman–Crippen MR) is 82.6 cm³/mol. The summed E-state index contributed by atoms with van der Waals surface area (Å²) in [5, 5.41) is 11.5. The lowest BCUT2D eigenvalue weighted by atomic mass is 10.1. The molecule has 0 radical (unpaired) electrons. The molecule has 1 aromatic carbocycles. The van der Waals surface area contributed by atoms with Crippen LogP contribution in [0.5, 0.6) is 0 Å². The third-order valence-corrected chi connectivity index (χ3v) is 5.02. The van der Waals surface area contributed by atoms with Gasteiger partial charge in [-0.25, -0.2) is 13.2 Å². The van der Waals surface area contributed by atoms with Gasteiger partial charge >= 0.3 is 5.97 Å². The molecule has 0 aliphatic carbocycles. The van der Waals surface area contributed by atoms with Crippen LogP contribution >= 0.6 is 0 Å². The lowest BCUT2D eigenvalue weighted by molar-refractivity contribution is -0.139. The van der Waals surface area contributed by atoms with E-state index in [0.29, 0.717) is 12.8 Å². The van der Waals surface area contributed by atoms with E-state index < -0.39 is 27.8 Å². The minimum Gasteiger partial charge on any atom is -0.480 e. The predicted octanol–water partition coefficient (Wildman–Crippen LogP) is 1.85. The molecule has 7 heteroatoms. The summed E-state index contributed by atoms with van der Waals surface area (Å²) in [5.41, 5.74) is 0.136. The number of amides is 1. The van der Waals surface area contributed by atoms with Crippen LogP contribution < -0.4 is 5.32 Å². The first kappa shape index (κ1) is 18.2. The molecule has 0 saturated heterocycles. The molecule has 0 aromatic heterocycles. The molecule has 0 unspecified atom stereocenters. The van der Waals surface area contributed by atoms with E-state index >= 15 is 0 Å². The number of carbonyl (C=O) groups is 2. The van der Waals surface area contributed by atoms with Crippen molar-refractivity contribution in [1.29, 1.82) is 0 Å². The minimum absolute atomic E-state index is 0.0584. The van der Waals surface area contributed by atoms with Gasteiger partial charge in [-0.2, -0.15) is 0 Å². The lowest BCUT2D eigenvalue weighted by Crippen LogP contribution is -2.40. The van der Waals surface area contributed by atoms with Gasteiger partial charge in [0.1, 0.15) is 6.04 Å².